The SMILES string of the molecule is Br/C=C\C1=CCCCC1. The molecule has 0 bridgehead atoms. The zero-order chi connectivity index (χ0) is 6.53. The average molecular weight is 187 g/mol. The Kier molecular flexibility index (Phi) is 3.05. The Morgan fingerprint density at radius 1 is 1.44 bits per heavy atom. The molecule has 0 radical (unpaired) electrons. The van der Waals surface area contributed by atoms with Crippen molar-refractivity contribution in [2.75, 3.05) is 0 Å². The van der Waals surface area contributed by atoms with E-state index in [1.54, 1.807) is 0 Å². The Morgan fingerprint density at radius 3 is 2.89 bits per heavy atom. The largest absolute Gasteiger partial charge is 0.0813 e. The summed E-state index contributed by atoms with van der Waals surface area (Å²) in [5.41, 5.74) is 1.48. The van der Waals surface area contributed by atoms with Gasteiger partial charge in [-0.05, 0) is 30.7 Å². The van der Waals surface area contributed by atoms with Crippen molar-refractivity contribution >= 4 is 15.9 Å². The van der Waals surface area contributed by atoms with Gasteiger partial charge in [0, 0.05) is 0 Å². The van der Waals surface area contributed by atoms with Crippen LogP contribution in [-0.4, -0.2) is 0 Å². The highest BCUT2D eigenvalue weighted by Crippen LogP contribution is 2.18. The smallest absolute Gasteiger partial charge is 0.0186 e. The van der Waals surface area contributed by atoms with E-state index in [0.29, 0.717) is 0 Å². The molecule has 0 fully saturated rings. The van der Waals surface area contributed by atoms with Gasteiger partial charge in [-0.15, -0.1) is 0 Å². The summed E-state index contributed by atoms with van der Waals surface area (Å²) in [4.78, 5) is 1.93. The molecule has 0 spiro atoms. The first-order valence-corrected chi connectivity index (χ1v) is 4.31. The van der Waals surface area contributed by atoms with E-state index in [4.69, 9.17) is 0 Å². The van der Waals surface area contributed by atoms with Gasteiger partial charge in [0.15, 0.2) is 0 Å². The number of halogens is 1. The summed E-state index contributed by atoms with van der Waals surface area (Å²) < 4.78 is 0. The highest BCUT2D eigenvalue weighted by molar-refractivity contribution is 9.11. The number of allylic oxidation sites excluding steroid dienone is 3. The number of hydrogen-bond donors (Lipinski definition) is 0. The van der Waals surface area contributed by atoms with E-state index < -0.39 is 0 Å². The van der Waals surface area contributed by atoms with Crippen LogP contribution in [0.25, 0.3) is 0 Å². The maximum absolute atomic E-state index is 3.26. The minimum absolute atomic E-state index is 1.27. The van der Waals surface area contributed by atoms with Crippen LogP contribution in [0.1, 0.15) is 25.7 Å². The minimum Gasteiger partial charge on any atom is -0.0813 e. The van der Waals surface area contributed by atoms with Gasteiger partial charge in [-0.2, -0.15) is 0 Å². The number of rotatable bonds is 1. The Morgan fingerprint density at radius 2 is 2.33 bits per heavy atom. The van der Waals surface area contributed by atoms with Gasteiger partial charge >= 0.3 is 0 Å². The molecule has 50 valence electrons. The highest BCUT2D eigenvalue weighted by atomic mass is 79.9. The Labute approximate surface area is 64.8 Å². The molecular formula is C8H11Br. The van der Waals surface area contributed by atoms with Crippen LogP contribution in [0.3, 0.4) is 0 Å². The fraction of sp³-hybridized carbons (Fsp3) is 0.500. The molecule has 0 unspecified atom stereocenters. The molecule has 1 rings (SSSR count). The van der Waals surface area contributed by atoms with Crippen molar-refractivity contribution in [3.63, 3.8) is 0 Å². The molecule has 0 aromatic rings. The minimum atomic E-state index is 1.27. The molecule has 0 aliphatic heterocycles. The third-order valence-electron chi connectivity index (χ3n) is 1.60. The molecule has 0 aromatic carbocycles. The Hall–Kier alpha value is -0.0400. The van der Waals surface area contributed by atoms with Gasteiger partial charge in [0.2, 0.25) is 0 Å². The van der Waals surface area contributed by atoms with Crippen LogP contribution in [0.4, 0.5) is 0 Å². The van der Waals surface area contributed by atoms with E-state index in [0.717, 1.165) is 0 Å². The van der Waals surface area contributed by atoms with Crippen molar-refractivity contribution < 1.29 is 0 Å². The van der Waals surface area contributed by atoms with E-state index in [2.05, 4.69) is 28.1 Å². The molecule has 0 amide bonds. The summed E-state index contributed by atoms with van der Waals surface area (Å²) in [5, 5.41) is 0. The van der Waals surface area contributed by atoms with E-state index in [9.17, 15) is 0 Å². The lowest BCUT2D eigenvalue weighted by molar-refractivity contribution is 0.712. The van der Waals surface area contributed by atoms with E-state index in [1.807, 2.05) is 4.99 Å². The Balaban J connectivity index is 2.46. The predicted octanol–water partition coefficient (Wildman–Crippen LogP) is 3.40. The monoisotopic (exact) mass is 186 g/mol. The van der Waals surface area contributed by atoms with E-state index >= 15 is 0 Å². The van der Waals surface area contributed by atoms with Crippen LogP contribution < -0.4 is 0 Å². The second kappa shape index (κ2) is 3.89. The lowest BCUT2D eigenvalue weighted by Gasteiger charge is -2.06. The predicted molar refractivity (Wildman–Crippen MR) is 44.6 cm³/mol. The van der Waals surface area contributed by atoms with Gasteiger partial charge in [-0.1, -0.05) is 33.7 Å². The van der Waals surface area contributed by atoms with Crippen LogP contribution in [0.15, 0.2) is 22.7 Å². The first-order valence-electron chi connectivity index (χ1n) is 3.39. The van der Waals surface area contributed by atoms with Crippen LogP contribution in [0, 0.1) is 0 Å². The molecule has 1 aliphatic rings. The average Bonchev–Trinajstić information content (AvgIpc) is 1.91. The Bertz CT molecular complexity index is 134. The molecule has 0 saturated carbocycles. The van der Waals surface area contributed by atoms with Crippen LogP contribution in [0.5, 0.6) is 0 Å². The second-order valence-corrected chi connectivity index (χ2v) is 2.85. The highest BCUT2D eigenvalue weighted by Gasteiger charge is 1.97. The summed E-state index contributed by atoms with van der Waals surface area (Å²) >= 11 is 3.26. The lowest BCUT2D eigenvalue weighted by atomic mass is 10.0. The standard InChI is InChI=1S/C8H11Br/c9-7-6-8-4-2-1-3-5-8/h4,6-7H,1-3,5H2/b7-6-. The van der Waals surface area contributed by atoms with Crippen molar-refractivity contribution in [1.29, 1.82) is 0 Å². The molecule has 9 heavy (non-hydrogen) atoms. The third kappa shape index (κ3) is 2.35. The van der Waals surface area contributed by atoms with E-state index in [-0.39, 0.29) is 0 Å². The van der Waals surface area contributed by atoms with E-state index in [1.165, 1.54) is 31.3 Å². The van der Waals surface area contributed by atoms with Gasteiger partial charge < -0.3 is 0 Å². The quantitative estimate of drug-likeness (QED) is 0.590. The van der Waals surface area contributed by atoms with Crippen molar-refractivity contribution in [1.82, 2.24) is 0 Å². The molecule has 0 aromatic heterocycles. The van der Waals surface area contributed by atoms with Crippen molar-refractivity contribution in [3.8, 4) is 0 Å². The van der Waals surface area contributed by atoms with Crippen LogP contribution >= 0.6 is 15.9 Å². The third-order valence-corrected chi connectivity index (χ3v) is 1.87. The number of hydrogen-bond acceptors (Lipinski definition) is 0. The van der Waals surface area contributed by atoms with Crippen LogP contribution in [0.2, 0.25) is 0 Å². The fourth-order valence-electron chi connectivity index (χ4n) is 1.10. The summed E-state index contributed by atoms with van der Waals surface area (Å²) in [5.74, 6) is 0. The molecule has 0 N–H and O–H groups in total. The molecule has 0 atom stereocenters. The van der Waals surface area contributed by atoms with Crippen molar-refractivity contribution in [2.24, 2.45) is 0 Å². The first kappa shape index (κ1) is 7.07. The van der Waals surface area contributed by atoms with Gasteiger partial charge in [0.05, 0.1) is 0 Å². The molecule has 1 heteroatoms. The fourth-order valence-corrected chi connectivity index (χ4v) is 1.43. The first-order chi connectivity index (χ1) is 4.43. The molecular weight excluding hydrogens is 176 g/mol. The van der Waals surface area contributed by atoms with Gasteiger partial charge in [0.1, 0.15) is 0 Å². The lowest BCUT2D eigenvalue weighted by Crippen LogP contribution is -1.87. The van der Waals surface area contributed by atoms with Crippen LogP contribution in [-0.2, 0) is 0 Å². The zero-order valence-corrected chi connectivity index (χ0v) is 7.02. The summed E-state index contributed by atoms with van der Waals surface area (Å²) in [6.45, 7) is 0. The van der Waals surface area contributed by atoms with Gasteiger partial charge in [0.25, 0.3) is 0 Å². The maximum Gasteiger partial charge on any atom is -0.0186 e. The molecule has 0 saturated heterocycles. The second-order valence-electron chi connectivity index (χ2n) is 2.32. The maximum atomic E-state index is 3.26. The van der Waals surface area contributed by atoms with Gasteiger partial charge in [-0.25, -0.2) is 0 Å². The van der Waals surface area contributed by atoms with Crippen molar-refractivity contribution in [2.45, 2.75) is 25.7 Å². The van der Waals surface area contributed by atoms with Gasteiger partial charge in [-0.3, -0.25) is 0 Å². The zero-order valence-electron chi connectivity index (χ0n) is 5.44. The van der Waals surface area contributed by atoms with Crippen molar-refractivity contribution in [3.05, 3.63) is 22.7 Å². The molecule has 0 heterocycles. The summed E-state index contributed by atoms with van der Waals surface area (Å²) in [6, 6.07) is 0. The normalized spacial score (nSPS) is 20.3. The summed E-state index contributed by atoms with van der Waals surface area (Å²) in [7, 11) is 0. The molecule has 0 nitrogen and oxygen atoms in total. The summed E-state index contributed by atoms with van der Waals surface area (Å²) in [6.07, 6.45) is 9.73. The molecule has 1 aliphatic carbocycles. The topological polar surface area (TPSA) is 0 Å².